The molecule has 0 bridgehead atoms. The number of H-pyrrole nitrogens is 1. The Bertz CT molecular complexity index is 662. The Morgan fingerprint density at radius 2 is 2.25 bits per heavy atom. The number of nitrogens with one attached hydrogen (secondary N) is 1. The number of nitrogens with zero attached hydrogens (tertiary/aromatic N) is 1. The number of ether oxygens (including phenoxy) is 1. The second kappa shape index (κ2) is 5.60. The Morgan fingerprint density at radius 3 is 2.90 bits per heavy atom. The summed E-state index contributed by atoms with van der Waals surface area (Å²) in [5.74, 6) is -0.417. The van der Waals surface area contributed by atoms with Gasteiger partial charge in [-0.3, -0.25) is 14.9 Å². The number of hydrogen-bond acceptors (Lipinski definition) is 5. The minimum absolute atomic E-state index is 0.00920. The Hall–Kier alpha value is -2.57. The fourth-order valence-corrected chi connectivity index (χ4v) is 2.18. The number of nitro groups is 1. The standard InChI is InChI=1S/C13H14N2O5/c1-20-12(17)6-8-7-14-10-2-3-11(16)9(13(8)10)4-5-15(18)19/h2-3,7,14,16H,4-6H2,1H3. The number of methoxy groups -OCH3 is 1. The highest BCUT2D eigenvalue weighted by Crippen LogP contribution is 2.30. The zero-order valence-electron chi connectivity index (χ0n) is 10.9. The molecule has 20 heavy (non-hydrogen) atoms. The van der Waals surface area contributed by atoms with Crippen LogP contribution in [0, 0.1) is 10.1 Å². The van der Waals surface area contributed by atoms with Crippen LogP contribution in [0.1, 0.15) is 11.1 Å². The van der Waals surface area contributed by atoms with Crippen LogP contribution in [0.25, 0.3) is 10.9 Å². The van der Waals surface area contributed by atoms with E-state index in [1.807, 2.05) is 0 Å². The summed E-state index contributed by atoms with van der Waals surface area (Å²) in [6, 6.07) is 3.15. The number of rotatable bonds is 5. The van der Waals surface area contributed by atoms with Crippen LogP contribution in [0.4, 0.5) is 0 Å². The van der Waals surface area contributed by atoms with Crippen molar-refractivity contribution >= 4 is 16.9 Å². The molecular weight excluding hydrogens is 264 g/mol. The Labute approximate surface area is 114 Å². The van der Waals surface area contributed by atoms with Gasteiger partial charge >= 0.3 is 5.97 Å². The highest BCUT2D eigenvalue weighted by Gasteiger charge is 2.16. The van der Waals surface area contributed by atoms with Gasteiger partial charge in [-0.1, -0.05) is 0 Å². The topological polar surface area (TPSA) is 105 Å². The van der Waals surface area contributed by atoms with Crippen molar-refractivity contribution in [3.63, 3.8) is 0 Å². The number of aromatic nitrogens is 1. The number of esters is 1. The summed E-state index contributed by atoms with van der Waals surface area (Å²) in [4.78, 5) is 24.4. The summed E-state index contributed by atoms with van der Waals surface area (Å²) in [6.07, 6.45) is 1.80. The lowest BCUT2D eigenvalue weighted by Gasteiger charge is -2.06. The summed E-state index contributed by atoms with van der Waals surface area (Å²) in [7, 11) is 1.29. The number of carbonyl (C=O) groups is 1. The van der Waals surface area contributed by atoms with E-state index in [2.05, 4.69) is 9.72 Å². The molecule has 0 saturated heterocycles. The number of aromatic amines is 1. The van der Waals surface area contributed by atoms with E-state index in [-0.39, 0.29) is 25.1 Å². The van der Waals surface area contributed by atoms with Crippen molar-refractivity contribution < 1.29 is 19.6 Å². The van der Waals surface area contributed by atoms with Gasteiger partial charge in [0.25, 0.3) is 0 Å². The SMILES string of the molecule is COC(=O)Cc1c[nH]c2ccc(O)c(CC[N+](=O)[O-])c12. The molecule has 0 unspecified atom stereocenters. The third-order valence-corrected chi connectivity index (χ3v) is 3.12. The van der Waals surface area contributed by atoms with E-state index in [0.29, 0.717) is 16.5 Å². The second-order valence-electron chi connectivity index (χ2n) is 4.36. The maximum Gasteiger partial charge on any atom is 0.310 e. The molecule has 2 rings (SSSR count). The van der Waals surface area contributed by atoms with Crippen LogP contribution in [0.15, 0.2) is 18.3 Å². The van der Waals surface area contributed by atoms with Gasteiger partial charge in [-0.05, 0) is 17.7 Å². The van der Waals surface area contributed by atoms with Crippen LogP contribution in [0.5, 0.6) is 5.75 Å². The normalized spacial score (nSPS) is 10.7. The van der Waals surface area contributed by atoms with Crippen molar-refractivity contribution in [3.05, 3.63) is 39.6 Å². The van der Waals surface area contributed by atoms with E-state index in [0.717, 1.165) is 5.52 Å². The van der Waals surface area contributed by atoms with Crippen molar-refractivity contribution in [2.45, 2.75) is 12.8 Å². The first-order chi connectivity index (χ1) is 9.52. The average Bonchev–Trinajstić information content (AvgIpc) is 2.80. The van der Waals surface area contributed by atoms with E-state index >= 15 is 0 Å². The van der Waals surface area contributed by atoms with Crippen molar-refractivity contribution in [1.82, 2.24) is 4.98 Å². The lowest BCUT2D eigenvalue weighted by atomic mass is 10.0. The van der Waals surface area contributed by atoms with Gasteiger partial charge in [0.2, 0.25) is 6.54 Å². The minimum atomic E-state index is -0.440. The smallest absolute Gasteiger partial charge is 0.310 e. The lowest BCUT2D eigenvalue weighted by Crippen LogP contribution is -2.07. The summed E-state index contributed by atoms with van der Waals surface area (Å²) in [6.45, 7) is -0.282. The Morgan fingerprint density at radius 1 is 1.50 bits per heavy atom. The first-order valence-electron chi connectivity index (χ1n) is 6.02. The zero-order valence-corrected chi connectivity index (χ0v) is 10.9. The largest absolute Gasteiger partial charge is 0.508 e. The maximum atomic E-state index is 11.4. The van der Waals surface area contributed by atoms with Crippen molar-refractivity contribution in [2.24, 2.45) is 0 Å². The molecule has 7 heteroatoms. The molecule has 0 aliphatic rings. The van der Waals surface area contributed by atoms with Crippen LogP contribution in [-0.4, -0.2) is 34.6 Å². The van der Waals surface area contributed by atoms with E-state index in [1.54, 1.807) is 12.3 Å². The number of benzene rings is 1. The lowest BCUT2D eigenvalue weighted by molar-refractivity contribution is -0.479. The number of aromatic hydroxyl groups is 1. The predicted molar refractivity (Wildman–Crippen MR) is 71.2 cm³/mol. The molecule has 0 atom stereocenters. The fraction of sp³-hybridized carbons (Fsp3) is 0.308. The third-order valence-electron chi connectivity index (χ3n) is 3.12. The van der Waals surface area contributed by atoms with Gasteiger partial charge in [-0.15, -0.1) is 0 Å². The summed E-state index contributed by atoms with van der Waals surface area (Å²) >= 11 is 0. The maximum absolute atomic E-state index is 11.4. The Kier molecular flexibility index (Phi) is 3.88. The molecule has 2 aromatic rings. The van der Waals surface area contributed by atoms with Gasteiger partial charge in [0.1, 0.15) is 5.75 Å². The van der Waals surface area contributed by atoms with Crippen molar-refractivity contribution in [1.29, 1.82) is 0 Å². The first kappa shape index (κ1) is 13.9. The van der Waals surface area contributed by atoms with Gasteiger partial charge in [0.15, 0.2) is 0 Å². The molecule has 0 fully saturated rings. The summed E-state index contributed by atoms with van der Waals surface area (Å²) in [5, 5.41) is 21.1. The first-order valence-corrected chi connectivity index (χ1v) is 6.02. The fourth-order valence-electron chi connectivity index (χ4n) is 2.18. The van der Waals surface area contributed by atoms with Crippen LogP contribution in [-0.2, 0) is 22.4 Å². The number of phenols is 1. The molecule has 2 N–H and O–H groups in total. The number of hydrogen-bond donors (Lipinski definition) is 2. The van der Waals surface area contributed by atoms with Gasteiger partial charge in [0, 0.05) is 34.0 Å². The summed E-state index contributed by atoms with van der Waals surface area (Å²) < 4.78 is 4.62. The minimum Gasteiger partial charge on any atom is -0.508 e. The molecule has 0 aliphatic heterocycles. The van der Waals surface area contributed by atoms with Crippen LogP contribution in [0.2, 0.25) is 0 Å². The Balaban J connectivity index is 2.47. The quantitative estimate of drug-likeness (QED) is 0.488. The number of phenolic OH excluding ortho intramolecular Hbond substituents is 1. The van der Waals surface area contributed by atoms with Crippen LogP contribution < -0.4 is 0 Å². The van der Waals surface area contributed by atoms with E-state index in [9.17, 15) is 20.0 Å². The predicted octanol–water partition coefficient (Wildman–Crippen LogP) is 1.41. The van der Waals surface area contributed by atoms with Crippen molar-refractivity contribution in [3.8, 4) is 5.75 Å². The van der Waals surface area contributed by atoms with E-state index in [4.69, 9.17) is 0 Å². The van der Waals surface area contributed by atoms with Gasteiger partial charge in [0.05, 0.1) is 13.5 Å². The van der Waals surface area contributed by atoms with Gasteiger partial charge in [-0.25, -0.2) is 0 Å². The monoisotopic (exact) mass is 278 g/mol. The molecule has 0 aliphatic carbocycles. The third kappa shape index (κ3) is 2.71. The highest BCUT2D eigenvalue weighted by molar-refractivity contribution is 5.91. The zero-order chi connectivity index (χ0) is 14.7. The molecule has 0 amide bonds. The van der Waals surface area contributed by atoms with Crippen molar-refractivity contribution in [2.75, 3.05) is 13.7 Å². The second-order valence-corrected chi connectivity index (χ2v) is 4.36. The number of carbonyl (C=O) groups excluding carboxylic acids is 1. The van der Waals surface area contributed by atoms with Gasteiger partial charge < -0.3 is 14.8 Å². The van der Waals surface area contributed by atoms with Crippen LogP contribution >= 0.6 is 0 Å². The van der Waals surface area contributed by atoms with Gasteiger partial charge in [-0.2, -0.15) is 0 Å². The molecule has 7 nitrogen and oxygen atoms in total. The van der Waals surface area contributed by atoms with E-state index in [1.165, 1.54) is 13.2 Å². The molecule has 0 saturated carbocycles. The number of fused-ring (bicyclic) bond motifs is 1. The average molecular weight is 278 g/mol. The van der Waals surface area contributed by atoms with E-state index < -0.39 is 10.9 Å². The highest BCUT2D eigenvalue weighted by atomic mass is 16.6. The summed E-state index contributed by atoms with van der Waals surface area (Å²) in [5.41, 5.74) is 1.85. The molecule has 106 valence electrons. The molecule has 1 aromatic heterocycles. The molecule has 0 radical (unpaired) electrons. The van der Waals surface area contributed by atoms with Crippen LogP contribution in [0.3, 0.4) is 0 Å². The molecule has 0 spiro atoms. The molecule has 1 aromatic carbocycles. The molecule has 1 heterocycles. The molecular formula is C13H14N2O5.